The van der Waals surface area contributed by atoms with Crippen LogP contribution in [0.4, 0.5) is 5.69 Å². The number of nitrogens with one attached hydrogen (secondary N) is 1. The molecule has 1 aliphatic heterocycles. The Balaban J connectivity index is 1.81. The highest BCUT2D eigenvalue weighted by Gasteiger charge is 2.29. The van der Waals surface area contributed by atoms with Gasteiger partial charge < -0.3 is 4.90 Å². The standard InChI is InChI=1S/C24H27N3O3S2/c1-16-7-9-17(10-8-16)23-25-15-20(31-23)19-12-11-18(27-13-5-6-22(27)28)14-21(19)32(29,30)26-24(2,3)4/h7-12,14-15,26H,5-6,13H2,1-4H3. The average Bonchev–Trinajstić information content (AvgIpc) is 3.36. The Morgan fingerprint density at radius 3 is 2.44 bits per heavy atom. The van der Waals surface area contributed by atoms with Gasteiger partial charge in [0, 0.05) is 41.5 Å². The lowest BCUT2D eigenvalue weighted by atomic mass is 10.1. The molecular formula is C24H27N3O3S2. The Morgan fingerprint density at radius 2 is 1.81 bits per heavy atom. The molecule has 168 valence electrons. The smallest absolute Gasteiger partial charge is 0.241 e. The first-order valence-corrected chi connectivity index (χ1v) is 12.9. The van der Waals surface area contributed by atoms with E-state index in [4.69, 9.17) is 0 Å². The Kier molecular flexibility index (Phi) is 5.96. The normalized spacial score (nSPS) is 14.9. The molecule has 1 aliphatic rings. The van der Waals surface area contributed by atoms with E-state index < -0.39 is 15.6 Å². The van der Waals surface area contributed by atoms with Gasteiger partial charge in [-0.15, -0.1) is 11.3 Å². The van der Waals surface area contributed by atoms with Crippen LogP contribution in [0.15, 0.2) is 53.6 Å². The van der Waals surface area contributed by atoms with Crippen LogP contribution in [0.1, 0.15) is 39.2 Å². The lowest BCUT2D eigenvalue weighted by molar-refractivity contribution is -0.117. The number of benzene rings is 2. The summed E-state index contributed by atoms with van der Waals surface area (Å²) in [5.74, 6) is 0.0179. The van der Waals surface area contributed by atoms with Crippen molar-refractivity contribution in [1.29, 1.82) is 0 Å². The van der Waals surface area contributed by atoms with Crippen molar-refractivity contribution in [3.63, 3.8) is 0 Å². The molecule has 3 aromatic rings. The molecule has 0 unspecified atom stereocenters. The summed E-state index contributed by atoms with van der Waals surface area (Å²) in [6.07, 6.45) is 2.97. The molecule has 2 heterocycles. The first kappa shape index (κ1) is 22.6. The summed E-state index contributed by atoms with van der Waals surface area (Å²) in [6.45, 7) is 8.05. The number of carbonyl (C=O) groups excluding carboxylic acids is 1. The highest BCUT2D eigenvalue weighted by Crippen LogP contribution is 2.38. The number of thiazole rings is 1. The predicted octanol–water partition coefficient (Wildman–Crippen LogP) is 4.99. The molecule has 6 nitrogen and oxygen atoms in total. The quantitative estimate of drug-likeness (QED) is 0.571. The van der Waals surface area contributed by atoms with Crippen LogP contribution in [0.2, 0.25) is 0 Å². The summed E-state index contributed by atoms with van der Waals surface area (Å²) in [5.41, 5.74) is 2.69. The number of carbonyl (C=O) groups is 1. The van der Waals surface area contributed by atoms with Gasteiger partial charge in [0.15, 0.2) is 0 Å². The number of nitrogens with zero attached hydrogens (tertiary/aromatic N) is 2. The van der Waals surface area contributed by atoms with E-state index >= 15 is 0 Å². The van der Waals surface area contributed by atoms with Crippen molar-refractivity contribution in [3.05, 3.63) is 54.2 Å². The number of sulfonamides is 1. The van der Waals surface area contributed by atoms with Gasteiger partial charge in [0.1, 0.15) is 5.01 Å². The van der Waals surface area contributed by atoms with Gasteiger partial charge >= 0.3 is 0 Å². The Bertz CT molecular complexity index is 1260. The van der Waals surface area contributed by atoms with Gasteiger partial charge in [-0.3, -0.25) is 4.79 Å². The minimum atomic E-state index is -3.84. The summed E-state index contributed by atoms with van der Waals surface area (Å²) in [4.78, 5) is 19.4. The third kappa shape index (κ3) is 4.77. The number of hydrogen-bond acceptors (Lipinski definition) is 5. The third-order valence-corrected chi connectivity index (χ3v) is 8.03. The van der Waals surface area contributed by atoms with Crippen LogP contribution in [-0.2, 0) is 14.8 Å². The molecule has 0 radical (unpaired) electrons. The minimum Gasteiger partial charge on any atom is -0.312 e. The zero-order valence-electron chi connectivity index (χ0n) is 18.7. The van der Waals surface area contributed by atoms with Crippen molar-refractivity contribution in [2.45, 2.75) is 51.0 Å². The van der Waals surface area contributed by atoms with Crippen molar-refractivity contribution in [2.75, 3.05) is 11.4 Å². The SMILES string of the molecule is Cc1ccc(-c2ncc(-c3ccc(N4CCCC4=O)cc3S(=O)(=O)NC(C)(C)C)s2)cc1. The summed E-state index contributed by atoms with van der Waals surface area (Å²) in [7, 11) is -3.84. The van der Waals surface area contributed by atoms with Crippen molar-refractivity contribution < 1.29 is 13.2 Å². The summed E-state index contributed by atoms with van der Waals surface area (Å²) in [5, 5.41) is 0.825. The molecule has 0 aliphatic carbocycles. The Labute approximate surface area is 193 Å². The molecule has 0 atom stereocenters. The monoisotopic (exact) mass is 469 g/mol. The molecule has 4 rings (SSSR count). The number of amides is 1. The second-order valence-electron chi connectivity index (χ2n) is 9.08. The molecule has 1 aromatic heterocycles. The van der Waals surface area contributed by atoms with E-state index in [9.17, 15) is 13.2 Å². The van der Waals surface area contributed by atoms with Crippen LogP contribution in [0.3, 0.4) is 0 Å². The fourth-order valence-corrected chi connectivity index (χ4v) is 6.40. The van der Waals surface area contributed by atoms with E-state index in [2.05, 4.69) is 9.71 Å². The topological polar surface area (TPSA) is 79.4 Å². The van der Waals surface area contributed by atoms with Crippen LogP contribution >= 0.6 is 11.3 Å². The molecule has 2 aromatic carbocycles. The number of anilines is 1. The molecule has 1 amide bonds. The average molecular weight is 470 g/mol. The molecule has 32 heavy (non-hydrogen) atoms. The van der Waals surface area contributed by atoms with Crippen molar-refractivity contribution in [3.8, 4) is 21.0 Å². The first-order valence-electron chi connectivity index (χ1n) is 10.6. The summed E-state index contributed by atoms with van der Waals surface area (Å²) in [6, 6.07) is 13.3. The van der Waals surface area contributed by atoms with Crippen LogP contribution in [0, 0.1) is 6.92 Å². The van der Waals surface area contributed by atoms with E-state index in [0.717, 1.165) is 21.9 Å². The maximum atomic E-state index is 13.4. The van der Waals surface area contributed by atoms with Crippen LogP contribution in [0.25, 0.3) is 21.0 Å². The molecular weight excluding hydrogens is 442 g/mol. The summed E-state index contributed by atoms with van der Waals surface area (Å²) < 4.78 is 29.5. The van der Waals surface area contributed by atoms with Crippen LogP contribution < -0.4 is 9.62 Å². The fraction of sp³-hybridized carbons (Fsp3) is 0.333. The van der Waals surface area contributed by atoms with Gasteiger partial charge in [-0.2, -0.15) is 0 Å². The van der Waals surface area contributed by atoms with Gasteiger partial charge in [-0.25, -0.2) is 18.1 Å². The molecule has 8 heteroatoms. The third-order valence-electron chi connectivity index (χ3n) is 5.15. The van der Waals surface area contributed by atoms with Crippen molar-refractivity contribution >= 4 is 33.0 Å². The van der Waals surface area contributed by atoms with Gasteiger partial charge in [0.05, 0.1) is 9.77 Å². The maximum absolute atomic E-state index is 13.4. The minimum absolute atomic E-state index is 0.0179. The highest BCUT2D eigenvalue weighted by molar-refractivity contribution is 7.89. The second kappa shape index (κ2) is 8.42. The van der Waals surface area contributed by atoms with Gasteiger partial charge in [0.2, 0.25) is 15.9 Å². The fourth-order valence-electron chi connectivity index (χ4n) is 3.71. The lowest BCUT2D eigenvalue weighted by Crippen LogP contribution is -2.40. The molecule has 1 N–H and O–H groups in total. The zero-order valence-corrected chi connectivity index (χ0v) is 20.3. The summed E-state index contributed by atoms with van der Waals surface area (Å²) >= 11 is 1.45. The predicted molar refractivity (Wildman–Crippen MR) is 129 cm³/mol. The van der Waals surface area contributed by atoms with Crippen LogP contribution in [0.5, 0.6) is 0 Å². The second-order valence-corrected chi connectivity index (χ2v) is 11.8. The zero-order chi connectivity index (χ0) is 23.1. The van der Waals surface area contributed by atoms with Crippen LogP contribution in [-0.4, -0.2) is 31.4 Å². The number of hydrogen-bond donors (Lipinski definition) is 1. The number of rotatable bonds is 5. The molecule has 1 saturated heterocycles. The van der Waals surface area contributed by atoms with E-state index in [-0.39, 0.29) is 10.8 Å². The molecule has 1 fully saturated rings. The van der Waals surface area contributed by atoms with E-state index in [1.807, 2.05) is 37.3 Å². The van der Waals surface area contributed by atoms with Gasteiger partial charge in [-0.1, -0.05) is 35.9 Å². The number of aryl methyl sites for hydroxylation is 1. The van der Waals surface area contributed by atoms with Gasteiger partial charge in [-0.05, 0) is 46.2 Å². The number of aromatic nitrogens is 1. The molecule has 0 saturated carbocycles. The van der Waals surface area contributed by atoms with Crippen molar-refractivity contribution in [2.24, 2.45) is 0 Å². The van der Waals surface area contributed by atoms with E-state index in [1.54, 1.807) is 44.0 Å². The molecule has 0 spiro atoms. The van der Waals surface area contributed by atoms with Crippen molar-refractivity contribution in [1.82, 2.24) is 9.71 Å². The maximum Gasteiger partial charge on any atom is 0.241 e. The largest absolute Gasteiger partial charge is 0.312 e. The molecule has 0 bridgehead atoms. The lowest BCUT2D eigenvalue weighted by Gasteiger charge is -2.23. The Hall–Kier alpha value is -2.55. The first-order chi connectivity index (χ1) is 15.0. The highest BCUT2D eigenvalue weighted by atomic mass is 32.2. The van der Waals surface area contributed by atoms with Gasteiger partial charge in [0.25, 0.3) is 0 Å². The van der Waals surface area contributed by atoms with E-state index in [0.29, 0.717) is 24.2 Å². The Morgan fingerprint density at radius 1 is 1.09 bits per heavy atom. The van der Waals surface area contributed by atoms with E-state index in [1.165, 1.54) is 16.9 Å².